The van der Waals surface area contributed by atoms with Gasteiger partial charge in [-0.2, -0.15) is 0 Å². The summed E-state index contributed by atoms with van der Waals surface area (Å²) in [7, 11) is 0. The maximum atomic E-state index is 13.1. The standard InChI is InChI=1S/C19H24FN5O.ClH/c20-16-5-3-15(4-6-16)12-24(11-14-1-2-14)19(26)18-13-25(23-22-18)17-7-9-21-10-8-17;/h3-6,13-14,17,21H,1-2,7-12H2;1H. The van der Waals surface area contributed by atoms with E-state index in [0.29, 0.717) is 24.2 Å². The van der Waals surface area contributed by atoms with E-state index in [1.54, 1.807) is 18.3 Å². The highest BCUT2D eigenvalue weighted by atomic mass is 35.5. The monoisotopic (exact) mass is 393 g/mol. The van der Waals surface area contributed by atoms with Gasteiger partial charge in [-0.05, 0) is 62.4 Å². The number of benzene rings is 1. The summed E-state index contributed by atoms with van der Waals surface area (Å²) < 4.78 is 15.0. The Bertz CT molecular complexity index is 756. The van der Waals surface area contributed by atoms with Crippen LogP contribution in [0.5, 0.6) is 0 Å². The predicted molar refractivity (Wildman–Crippen MR) is 102 cm³/mol. The van der Waals surface area contributed by atoms with Crippen LogP contribution in [0.2, 0.25) is 0 Å². The number of carbonyl (C=O) groups is 1. The third kappa shape index (κ3) is 5.05. The lowest BCUT2D eigenvalue weighted by molar-refractivity contribution is 0.0728. The van der Waals surface area contributed by atoms with Crippen LogP contribution in [-0.4, -0.2) is 45.4 Å². The molecule has 1 aliphatic carbocycles. The molecule has 2 heterocycles. The molecule has 1 N–H and O–H groups in total. The number of nitrogens with one attached hydrogen (secondary N) is 1. The van der Waals surface area contributed by atoms with Gasteiger partial charge >= 0.3 is 0 Å². The zero-order chi connectivity index (χ0) is 17.9. The molecule has 1 saturated carbocycles. The van der Waals surface area contributed by atoms with Crippen molar-refractivity contribution in [3.63, 3.8) is 0 Å². The molecule has 1 aliphatic heterocycles. The van der Waals surface area contributed by atoms with Crippen molar-refractivity contribution in [1.82, 2.24) is 25.2 Å². The lowest BCUT2D eigenvalue weighted by atomic mass is 10.1. The first-order chi connectivity index (χ1) is 12.7. The molecule has 6 nitrogen and oxygen atoms in total. The second-order valence-corrected chi connectivity index (χ2v) is 7.32. The number of rotatable bonds is 6. The van der Waals surface area contributed by atoms with E-state index < -0.39 is 0 Å². The predicted octanol–water partition coefficient (Wildman–Crippen LogP) is 2.82. The minimum Gasteiger partial charge on any atom is -0.333 e. The van der Waals surface area contributed by atoms with E-state index in [0.717, 1.165) is 50.9 Å². The fourth-order valence-corrected chi connectivity index (χ4v) is 3.43. The van der Waals surface area contributed by atoms with E-state index in [-0.39, 0.29) is 24.1 Å². The Morgan fingerprint density at radius 1 is 1.19 bits per heavy atom. The number of aromatic nitrogens is 3. The summed E-state index contributed by atoms with van der Waals surface area (Å²) in [6.07, 6.45) is 6.10. The van der Waals surface area contributed by atoms with Crippen molar-refractivity contribution in [2.24, 2.45) is 5.92 Å². The van der Waals surface area contributed by atoms with Gasteiger partial charge in [0.15, 0.2) is 5.69 Å². The highest BCUT2D eigenvalue weighted by Crippen LogP contribution is 2.30. The molecule has 1 aromatic heterocycles. The summed E-state index contributed by atoms with van der Waals surface area (Å²) in [5.41, 5.74) is 1.32. The molecule has 146 valence electrons. The van der Waals surface area contributed by atoms with E-state index in [4.69, 9.17) is 0 Å². The molecule has 4 rings (SSSR count). The minimum atomic E-state index is -0.265. The van der Waals surface area contributed by atoms with E-state index in [2.05, 4.69) is 15.6 Å². The van der Waals surface area contributed by atoms with Gasteiger partial charge in [-0.1, -0.05) is 17.3 Å². The molecule has 0 atom stereocenters. The topological polar surface area (TPSA) is 63.1 Å². The van der Waals surface area contributed by atoms with Gasteiger partial charge in [-0.25, -0.2) is 9.07 Å². The number of hydrogen-bond donors (Lipinski definition) is 1. The first-order valence-corrected chi connectivity index (χ1v) is 9.35. The average molecular weight is 394 g/mol. The average Bonchev–Trinajstić information content (AvgIpc) is 3.35. The van der Waals surface area contributed by atoms with Crippen LogP contribution in [0.25, 0.3) is 0 Å². The van der Waals surface area contributed by atoms with Gasteiger partial charge in [0.25, 0.3) is 5.91 Å². The normalized spacial score (nSPS) is 17.4. The lowest BCUT2D eigenvalue weighted by Gasteiger charge is -2.22. The molecule has 1 saturated heterocycles. The summed E-state index contributed by atoms with van der Waals surface area (Å²) in [6, 6.07) is 6.63. The zero-order valence-corrected chi connectivity index (χ0v) is 16.0. The molecule has 27 heavy (non-hydrogen) atoms. The van der Waals surface area contributed by atoms with Gasteiger partial charge in [0.05, 0.1) is 12.2 Å². The molecular weight excluding hydrogens is 369 g/mol. The van der Waals surface area contributed by atoms with E-state index in [1.165, 1.54) is 12.1 Å². The van der Waals surface area contributed by atoms with Gasteiger partial charge in [-0.3, -0.25) is 4.79 Å². The molecule has 1 amide bonds. The maximum Gasteiger partial charge on any atom is 0.276 e. The molecule has 0 radical (unpaired) electrons. The number of carbonyl (C=O) groups excluding carboxylic acids is 1. The molecule has 1 aromatic carbocycles. The van der Waals surface area contributed by atoms with Crippen LogP contribution < -0.4 is 5.32 Å². The van der Waals surface area contributed by atoms with Gasteiger partial charge in [-0.15, -0.1) is 17.5 Å². The lowest BCUT2D eigenvalue weighted by Crippen LogP contribution is -2.33. The Hall–Kier alpha value is -1.99. The molecule has 2 fully saturated rings. The summed E-state index contributed by atoms with van der Waals surface area (Å²) in [4.78, 5) is 14.8. The summed E-state index contributed by atoms with van der Waals surface area (Å²) in [5, 5.41) is 11.7. The van der Waals surface area contributed by atoms with Crippen molar-refractivity contribution < 1.29 is 9.18 Å². The summed E-state index contributed by atoms with van der Waals surface area (Å²) in [5.74, 6) is 0.207. The Morgan fingerprint density at radius 2 is 1.89 bits per heavy atom. The van der Waals surface area contributed by atoms with Crippen LogP contribution >= 0.6 is 12.4 Å². The van der Waals surface area contributed by atoms with Crippen LogP contribution in [0.15, 0.2) is 30.5 Å². The summed E-state index contributed by atoms with van der Waals surface area (Å²) >= 11 is 0. The van der Waals surface area contributed by atoms with Crippen molar-refractivity contribution >= 4 is 18.3 Å². The third-order valence-corrected chi connectivity index (χ3v) is 5.16. The molecule has 2 aliphatic rings. The van der Waals surface area contributed by atoms with E-state index in [1.807, 2.05) is 9.58 Å². The Balaban J connectivity index is 0.00000210. The van der Waals surface area contributed by atoms with Crippen molar-refractivity contribution in [3.8, 4) is 0 Å². The highest BCUT2D eigenvalue weighted by Gasteiger charge is 2.29. The van der Waals surface area contributed by atoms with E-state index in [9.17, 15) is 9.18 Å². The number of halogens is 2. The first kappa shape index (κ1) is 19.8. The van der Waals surface area contributed by atoms with Crippen molar-refractivity contribution in [3.05, 3.63) is 47.5 Å². The van der Waals surface area contributed by atoms with Crippen LogP contribution in [-0.2, 0) is 6.54 Å². The van der Waals surface area contributed by atoms with Crippen molar-refractivity contribution in [1.29, 1.82) is 0 Å². The fraction of sp³-hybridized carbons (Fsp3) is 0.526. The van der Waals surface area contributed by atoms with Crippen LogP contribution in [0.1, 0.15) is 47.8 Å². The van der Waals surface area contributed by atoms with Gasteiger partial charge in [0, 0.05) is 13.1 Å². The molecule has 2 aromatic rings. The van der Waals surface area contributed by atoms with Crippen LogP contribution in [0.4, 0.5) is 4.39 Å². The SMILES string of the molecule is Cl.O=C(c1cn(C2CCNCC2)nn1)N(Cc1ccc(F)cc1)CC1CC1. The second kappa shape index (κ2) is 8.80. The zero-order valence-electron chi connectivity index (χ0n) is 15.2. The number of amides is 1. The highest BCUT2D eigenvalue weighted by molar-refractivity contribution is 5.92. The Morgan fingerprint density at radius 3 is 2.56 bits per heavy atom. The van der Waals surface area contributed by atoms with Crippen molar-refractivity contribution in [2.45, 2.75) is 38.3 Å². The fourth-order valence-electron chi connectivity index (χ4n) is 3.43. The van der Waals surface area contributed by atoms with E-state index >= 15 is 0 Å². The molecule has 0 bridgehead atoms. The minimum absolute atomic E-state index is 0. The summed E-state index contributed by atoms with van der Waals surface area (Å²) in [6.45, 7) is 3.12. The van der Waals surface area contributed by atoms with Gasteiger partial charge in [0.1, 0.15) is 5.82 Å². The van der Waals surface area contributed by atoms with Crippen LogP contribution in [0.3, 0.4) is 0 Å². The molecule has 0 spiro atoms. The number of hydrogen-bond acceptors (Lipinski definition) is 4. The molecule has 0 unspecified atom stereocenters. The Kier molecular flexibility index (Phi) is 6.44. The maximum absolute atomic E-state index is 13.1. The van der Waals surface area contributed by atoms with Gasteiger partial charge < -0.3 is 10.2 Å². The smallest absolute Gasteiger partial charge is 0.276 e. The largest absolute Gasteiger partial charge is 0.333 e. The van der Waals surface area contributed by atoms with Gasteiger partial charge in [0.2, 0.25) is 0 Å². The molecular formula is C19H25ClFN5O. The second-order valence-electron chi connectivity index (χ2n) is 7.32. The number of piperidine rings is 1. The first-order valence-electron chi connectivity index (χ1n) is 9.35. The quantitative estimate of drug-likeness (QED) is 0.819. The Labute approximate surface area is 164 Å². The van der Waals surface area contributed by atoms with Crippen molar-refractivity contribution in [2.75, 3.05) is 19.6 Å². The van der Waals surface area contributed by atoms with Crippen LogP contribution in [0, 0.1) is 11.7 Å². The molecule has 8 heteroatoms. The third-order valence-electron chi connectivity index (χ3n) is 5.16. The number of nitrogens with zero attached hydrogens (tertiary/aromatic N) is 4.